The first-order valence-corrected chi connectivity index (χ1v) is 9.58. The summed E-state index contributed by atoms with van der Waals surface area (Å²) < 4.78 is 5.25. The Kier molecular flexibility index (Phi) is 5.22. The molecule has 4 rings (SSSR count). The molecule has 0 radical (unpaired) electrons. The van der Waals surface area contributed by atoms with Gasteiger partial charge in [0.05, 0.1) is 13.2 Å². The van der Waals surface area contributed by atoms with Gasteiger partial charge in [-0.1, -0.05) is 54.1 Å². The fourth-order valence-electron chi connectivity index (χ4n) is 3.69. The van der Waals surface area contributed by atoms with E-state index in [-0.39, 0.29) is 12.1 Å². The van der Waals surface area contributed by atoms with Crippen molar-refractivity contribution in [1.29, 1.82) is 0 Å². The van der Waals surface area contributed by atoms with E-state index in [1.807, 2.05) is 65.6 Å². The molecule has 0 bridgehead atoms. The second-order valence-corrected chi connectivity index (χ2v) is 7.19. The van der Waals surface area contributed by atoms with Crippen LogP contribution in [0.2, 0.25) is 5.02 Å². The molecule has 28 heavy (non-hydrogen) atoms. The molecule has 1 aliphatic rings. The second kappa shape index (κ2) is 7.95. The lowest BCUT2D eigenvalue weighted by Gasteiger charge is -2.37. The number of methoxy groups -OCH3 is 1. The first-order valence-electron chi connectivity index (χ1n) is 9.20. The third-order valence-corrected chi connectivity index (χ3v) is 5.30. The molecular weight excluding hydrogens is 372 g/mol. The molecule has 1 atom stereocenters. The number of urea groups is 1. The monoisotopic (exact) mass is 392 g/mol. The zero-order valence-corrected chi connectivity index (χ0v) is 16.3. The molecule has 0 saturated heterocycles. The minimum Gasteiger partial charge on any atom is -0.497 e. The average Bonchev–Trinajstić information content (AvgIpc) is 2.73. The van der Waals surface area contributed by atoms with Gasteiger partial charge in [-0.25, -0.2) is 4.79 Å². The molecular formula is C23H21ClN2O2. The second-order valence-electron chi connectivity index (χ2n) is 6.76. The van der Waals surface area contributed by atoms with E-state index >= 15 is 0 Å². The summed E-state index contributed by atoms with van der Waals surface area (Å²) in [5.74, 6) is 0.705. The van der Waals surface area contributed by atoms with Crippen LogP contribution in [-0.2, 0) is 6.42 Å². The summed E-state index contributed by atoms with van der Waals surface area (Å²) >= 11 is 6.08. The Hall–Kier alpha value is -2.98. The molecule has 5 heteroatoms. The number of fused-ring (bicyclic) bond motifs is 1. The van der Waals surface area contributed by atoms with Crippen LogP contribution in [-0.4, -0.2) is 24.6 Å². The first-order chi connectivity index (χ1) is 13.7. The molecule has 3 aromatic rings. The molecule has 4 nitrogen and oxygen atoms in total. The molecule has 0 spiro atoms. The van der Waals surface area contributed by atoms with E-state index in [1.54, 1.807) is 7.11 Å². The van der Waals surface area contributed by atoms with Crippen LogP contribution in [0.3, 0.4) is 0 Å². The van der Waals surface area contributed by atoms with Crippen molar-refractivity contribution in [3.05, 3.63) is 94.5 Å². The van der Waals surface area contributed by atoms with E-state index in [1.165, 1.54) is 5.56 Å². The number of nitrogens with zero attached hydrogens (tertiary/aromatic N) is 1. The lowest BCUT2D eigenvalue weighted by atomic mass is 9.88. The quantitative estimate of drug-likeness (QED) is 0.636. The Bertz CT molecular complexity index is 988. The normalized spacial score (nSPS) is 15.6. The number of nitrogens with one attached hydrogen (secondary N) is 1. The summed E-state index contributed by atoms with van der Waals surface area (Å²) in [6.07, 6.45) is 0.825. The number of carbonyl (C=O) groups is 1. The SMILES string of the molecule is COc1cccc(NC(=O)N2CCc3ccccc3[C@@H]2c2ccc(Cl)cc2)c1. The summed E-state index contributed by atoms with van der Waals surface area (Å²) in [7, 11) is 1.61. The summed E-state index contributed by atoms with van der Waals surface area (Å²) in [5.41, 5.74) is 4.17. The van der Waals surface area contributed by atoms with Crippen molar-refractivity contribution in [3.63, 3.8) is 0 Å². The number of amides is 2. The number of ether oxygens (including phenoxy) is 1. The van der Waals surface area contributed by atoms with Gasteiger partial charge in [0.1, 0.15) is 5.75 Å². The lowest BCUT2D eigenvalue weighted by Crippen LogP contribution is -2.43. The van der Waals surface area contributed by atoms with Crippen LogP contribution in [0.5, 0.6) is 5.75 Å². The summed E-state index contributed by atoms with van der Waals surface area (Å²) in [6, 6.07) is 23.1. The summed E-state index contributed by atoms with van der Waals surface area (Å²) in [5, 5.41) is 3.69. The van der Waals surface area contributed by atoms with Gasteiger partial charge in [0, 0.05) is 23.3 Å². The average molecular weight is 393 g/mol. The number of benzene rings is 3. The van der Waals surface area contributed by atoms with Crippen molar-refractivity contribution in [1.82, 2.24) is 4.90 Å². The molecule has 0 fully saturated rings. The third-order valence-electron chi connectivity index (χ3n) is 5.05. The largest absolute Gasteiger partial charge is 0.497 e. The minimum absolute atomic E-state index is 0.136. The summed E-state index contributed by atoms with van der Waals surface area (Å²) in [6.45, 7) is 0.639. The highest BCUT2D eigenvalue weighted by molar-refractivity contribution is 6.30. The molecule has 2 amide bonds. The standard InChI is InChI=1S/C23H21ClN2O2/c1-28-20-7-4-6-19(15-20)25-23(27)26-14-13-16-5-2-3-8-21(16)22(26)17-9-11-18(24)12-10-17/h2-12,15,22H,13-14H2,1H3,(H,25,27)/t22-/m0/s1. The zero-order valence-electron chi connectivity index (χ0n) is 15.6. The van der Waals surface area contributed by atoms with Crippen molar-refractivity contribution < 1.29 is 9.53 Å². The van der Waals surface area contributed by atoms with Crippen molar-refractivity contribution in [2.75, 3.05) is 19.0 Å². The molecule has 0 aliphatic carbocycles. The van der Waals surface area contributed by atoms with Crippen LogP contribution in [0.25, 0.3) is 0 Å². The number of halogens is 1. The van der Waals surface area contributed by atoms with Gasteiger partial charge in [-0.2, -0.15) is 0 Å². The van der Waals surface area contributed by atoms with E-state index < -0.39 is 0 Å². The molecule has 142 valence electrons. The van der Waals surface area contributed by atoms with Crippen LogP contribution in [0, 0.1) is 0 Å². The van der Waals surface area contributed by atoms with Gasteiger partial charge in [0.15, 0.2) is 0 Å². The Morgan fingerprint density at radius 2 is 1.86 bits per heavy atom. The fourth-order valence-corrected chi connectivity index (χ4v) is 3.81. The maximum atomic E-state index is 13.2. The van der Waals surface area contributed by atoms with Crippen LogP contribution in [0.4, 0.5) is 10.5 Å². The molecule has 1 aliphatic heterocycles. The predicted molar refractivity (Wildman–Crippen MR) is 112 cm³/mol. The highest BCUT2D eigenvalue weighted by Crippen LogP contribution is 2.36. The Labute approximate surface area is 169 Å². The lowest BCUT2D eigenvalue weighted by molar-refractivity contribution is 0.194. The maximum Gasteiger partial charge on any atom is 0.322 e. The number of carbonyl (C=O) groups excluding carboxylic acids is 1. The van der Waals surface area contributed by atoms with E-state index in [0.29, 0.717) is 23.0 Å². The van der Waals surface area contributed by atoms with Crippen LogP contribution in [0.15, 0.2) is 72.8 Å². The van der Waals surface area contributed by atoms with Gasteiger partial charge in [0.25, 0.3) is 0 Å². The highest BCUT2D eigenvalue weighted by Gasteiger charge is 2.32. The van der Waals surface area contributed by atoms with Crippen molar-refractivity contribution in [3.8, 4) is 5.75 Å². The number of hydrogen-bond donors (Lipinski definition) is 1. The van der Waals surface area contributed by atoms with E-state index in [2.05, 4.69) is 17.4 Å². The van der Waals surface area contributed by atoms with Crippen molar-refractivity contribution in [2.45, 2.75) is 12.5 Å². The topological polar surface area (TPSA) is 41.6 Å². The van der Waals surface area contributed by atoms with Crippen molar-refractivity contribution in [2.24, 2.45) is 0 Å². The van der Waals surface area contributed by atoms with E-state index in [9.17, 15) is 4.79 Å². The Morgan fingerprint density at radius 3 is 2.64 bits per heavy atom. The molecule has 1 heterocycles. The number of hydrogen-bond acceptors (Lipinski definition) is 2. The van der Waals surface area contributed by atoms with Gasteiger partial charge in [-0.15, -0.1) is 0 Å². The fraction of sp³-hybridized carbons (Fsp3) is 0.174. The Balaban J connectivity index is 1.68. The summed E-state index contributed by atoms with van der Waals surface area (Å²) in [4.78, 5) is 15.1. The zero-order chi connectivity index (χ0) is 19.5. The van der Waals surface area contributed by atoms with Gasteiger partial charge in [-0.05, 0) is 47.4 Å². The Morgan fingerprint density at radius 1 is 1.07 bits per heavy atom. The van der Waals surface area contributed by atoms with Crippen molar-refractivity contribution >= 4 is 23.3 Å². The molecule has 1 N–H and O–H groups in total. The van der Waals surface area contributed by atoms with Crippen LogP contribution < -0.4 is 10.1 Å². The highest BCUT2D eigenvalue weighted by atomic mass is 35.5. The van der Waals surface area contributed by atoms with E-state index in [0.717, 1.165) is 17.5 Å². The van der Waals surface area contributed by atoms with Gasteiger partial charge >= 0.3 is 6.03 Å². The third kappa shape index (κ3) is 3.69. The maximum absolute atomic E-state index is 13.2. The van der Waals surface area contributed by atoms with Gasteiger partial charge in [0.2, 0.25) is 0 Å². The molecule has 3 aromatic carbocycles. The van der Waals surface area contributed by atoms with Crippen LogP contribution >= 0.6 is 11.6 Å². The molecule has 0 saturated carbocycles. The number of rotatable bonds is 3. The van der Waals surface area contributed by atoms with Crippen LogP contribution in [0.1, 0.15) is 22.7 Å². The molecule has 0 aromatic heterocycles. The minimum atomic E-state index is -0.159. The smallest absolute Gasteiger partial charge is 0.322 e. The predicted octanol–water partition coefficient (Wildman–Crippen LogP) is 5.53. The van der Waals surface area contributed by atoms with Gasteiger partial charge < -0.3 is 15.0 Å². The number of anilines is 1. The first kappa shape index (κ1) is 18.4. The van der Waals surface area contributed by atoms with E-state index in [4.69, 9.17) is 16.3 Å². The van der Waals surface area contributed by atoms with Gasteiger partial charge in [-0.3, -0.25) is 0 Å². The molecule has 0 unspecified atom stereocenters.